The number of nitrogens with two attached hydrogens (primary N) is 1. The molecule has 1 fully saturated rings. The third-order valence-corrected chi connectivity index (χ3v) is 4.07. The Labute approximate surface area is 116 Å². The van der Waals surface area contributed by atoms with Crippen LogP contribution in [0.4, 0.5) is 0 Å². The average molecular weight is 266 g/mol. The second kappa shape index (κ2) is 7.46. The fourth-order valence-electron chi connectivity index (χ4n) is 2.61. The molecule has 1 heterocycles. The Hall–Kier alpha value is -1.12. The zero-order valence-corrected chi connectivity index (χ0v) is 12.1. The van der Waals surface area contributed by atoms with Crippen LogP contribution >= 0.6 is 0 Å². The maximum Gasteiger partial charge on any atom is 0.224 e. The van der Waals surface area contributed by atoms with Crippen molar-refractivity contribution in [3.05, 3.63) is 0 Å². The van der Waals surface area contributed by atoms with Crippen LogP contribution in [0.5, 0.6) is 0 Å². The van der Waals surface area contributed by atoms with E-state index in [9.17, 15) is 4.79 Å². The van der Waals surface area contributed by atoms with Gasteiger partial charge < -0.3 is 16.0 Å². The summed E-state index contributed by atoms with van der Waals surface area (Å²) in [7, 11) is 1.69. The van der Waals surface area contributed by atoms with Gasteiger partial charge in [0.1, 0.15) is 5.54 Å². The number of nitrogens with one attached hydrogen (secondary N) is 1. The largest absolute Gasteiger partial charge is 0.359 e. The highest BCUT2D eigenvalue weighted by Gasteiger charge is 2.26. The summed E-state index contributed by atoms with van der Waals surface area (Å²) < 4.78 is 0. The Morgan fingerprint density at radius 1 is 1.63 bits per heavy atom. The Morgan fingerprint density at radius 2 is 2.37 bits per heavy atom. The van der Waals surface area contributed by atoms with Crippen LogP contribution < -0.4 is 11.1 Å². The van der Waals surface area contributed by atoms with Gasteiger partial charge in [0.15, 0.2) is 0 Å². The Balaban J connectivity index is 2.34. The summed E-state index contributed by atoms with van der Waals surface area (Å²) in [5.41, 5.74) is 5.28. The summed E-state index contributed by atoms with van der Waals surface area (Å²) in [5, 5.41) is 11.8. The summed E-state index contributed by atoms with van der Waals surface area (Å²) in [5.74, 6) is 0.256. The van der Waals surface area contributed by atoms with E-state index in [-0.39, 0.29) is 11.8 Å². The number of nitrogens with zero attached hydrogens (tertiary/aromatic N) is 2. The zero-order chi connectivity index (χ0) is 14.3. The highest BCUT2D eigenvalue weighted by molar-refractivity contribution is 5.78. The van der Waals surface area contributed by atoms with Gasteiger partial charge in [-0.25, -0.2) is 0 Å². The van der Waals surface area contributed by atoms with Crippen molar-refractivity contribution < 1.29 is 4.79 Å². The second-order valence-electron chi connectivity index (χ2n) is 5.48. The summed E-state index contributed by atoms with van der Waals surface area (Å²) >= 11 is 0. The van der Waals surface area contributed by atoms with Gasteiger partial charge in [-0.15, -0.1) is 0 Å². The normalized spacial score (nSPS) is 23.4. The Kier molecular flexibility index (Phi) is 6.26. The first-order valence-electron chi connectivity index (χ1n) is 7.18. The molecule has 0 radical (unpaired) electrons. The SMILES string of the molecule is CCC(N)(C#N)CCCN1CCCC(C(=O)NC)C1. The number of carbonyl (C=O) groups excluding carboxylic acids is 1. The number of carbonyl (C=O) groups is 1. The minimum atomic E-state index is -0.685. The van der Waals surface area contributed by atoms with E-state index in [0.29, 0.717) is 6.42 Å². The van der Waals surface area contributed by atoms with Crippen molar-refractivity contribution in [3.63, 3.8) is 0 Å². The number of nitriles is 1. The van der Waals surface area contributed by atoms with Crippen molar-refractivity contribution in [1.29, 1.82) is 5.26 Å². The van der Waals surface area contributed by atoms with E-state index in [2.05, 4.69) is 16.3 Å². The quantitative estimate of drug-likeness (QED) is 0.747. The van der Waals surface area contributed by atoms with Crippen LogP contribution in [-0.4, -0.2) is 43.0 Å². The molecule has 1 saturated heterocycles. The molecule has 1 rings (SSSR count). The lowest BCUT2D eigenvalue weighted by Gasteiger charge is -2.32. The highest BCUT2D eigenvalue weighted by atomic mass is 16.1. The van der Waals surface area contributed by atoms with E-state index in [0.717, 1.165) is 45.3 Å². The number of piperidine rings is 1. The fourth-order valence-corrected chi connectivity index (χ4v) is 2.61. The molecule has 2 atom stereocenters. The molecule has 3 N–H and O–H groups in total. The van der Waals surface area contributed by atoms with Gasteiger partial charge in [-0.2, -0.15) is 5.26 Å². The molecule has 0 bridgehead atoms. The summed E-state index contributed by atoms with van der Waals surface area (Å²) in [6.07, 6.45) is 4.37. The van der Waals surface area contributed by atoms with Crippen LogP contribution in [0, 0.1) is 17.2 Å². The van der Waals surface area contributed by atoms with E-state index in [1.54, 1.807) is 7.05 Å². The fraction of sp³-hybridized carbons (Fsp3) is 0.857. The maximum atomic E-state index is 11.6. The number of hydrogen-bond acceptors (Lipinski definition) is 4. The first-order valence-corrected chi connectivity index (χ1v) is 7.18. The van der Waals surface area contributed by atoms with Gasteiger partial charge in [0.2, 0.25) is 5.91 Å². The molecule has 0 spiro atoms. The monoisotopic (exact) mass is 266 g/mol. The summed E-state index contributed by atoms with van der Waals surface area (Å²) in [6.45, 7) is 4.75. The molecule has 1 amide bonds. The number of amides is 1. The van der Waals surface area contributed by atoms with Gasteiger partial charge in [-0.1, -0.05) is 6.92 Å². The molecule has 5 nitrogen and oxygen atoms in total. The summed E-state index contributed by atoms with van der Waals surface area (Å²) in [6, 6.07) is 2.20. The maximum absolute atomic E-state index is 11.6. The van der Waals surface area contributed by atoms with Crippen LogP contribution in [0.1, 0.15) is 39.0 Å². The molecule has 108 valence electrons. The van der Waals surface area contributed by atoms with Crippen molar-refractivity contribution in [2.75, 3.05) is 26.7 Å². The molecular weight excluding hydrogens is 240 g/mol. The lowest BCUT2D eigenvalue weighted by Crippen LogP contribution is -2.43. The lowest BCUT2D eigenvalue weighted by atomic mass is 9.92. The van der Waals surface area contributed by atoms with Crippen molar-refractivity contribution in [2.45, 2.75) is 44.6 Å². The highest BCUT2D eigenvalue weighted by Crippen LogP contribution is 2.18. The number of rotatable bonds is 6. The van der Waals surface area contributed by atoms with Gasteiger partial charge in [-0.05, 0) is 45.2 Å². The van der Waals surface area contributed by atoms with Gasteiger partial charge in [0.05, 0.1) is 12.0 Å². The standard InChI is InChI=1S/C14H26N4O/c1-3-14(16,11-15)7-5-9-18-8-4-6-12(10-18)13(19)17-2/h12H,3-10,16H2,1-2H3,(H,17,19). The van der Waals surface area contributed by atoms with E-state index >= 15 is 0 Å². The van der Waals surface area contributed by atoms with Crippen molar-refractivity contribution in [3.8, 4) is 6.07 Å². The van der Waals surface area contributed by atoms with E-state index in [1.165, 1.54) is 0 Å². The van der Waals surface area contributed by atoms with Gasteiger partial charge in [0.25, 0.3) is 0 Å². The first kappa shape index (κ1) is 15.9. The molecule has 1 aliphatic rings. The predicted octanol–water partition coefficient (Wildman–Crippen LogP) is 0.856. The molecule has 0 aromatic carbocycles. The second-order valence-corrected chi connectivity index (χ2v) is 5.48. The van der Waals surface area contributed by atoms with E-state index in [4.69, 9.17) is 11.0 Å². The predicted molar refractivity (Wildman–Crippen MR) is 75.3 cm³/mol. The molecule has 2 unspecified atom stereocenters. The Bertz CT molecular complexity index is 339. The zero-order valence-electron chi connectivity index (χ0n) is 12.1. The smallest absolute Gasteiger partial charge is 0.224 e. The minimum absolute atomic E-state index is 0.114. The van der Waals surface area contributed by atoms with Crippen LogP contribution in [0.2, 0.25) is 0 Å². The van der Waals surface area contributed by atoms with Crippen molar-refractivity contribution in [1.82, 2.24) is 10.2 Å². The lowest BCUT2D eigenvalue weighted by molar-refractivity contribution is -0.126. The van der Waals surface area contributed by atoms with E-state index in [1.807, 2.05) is 6.92 Å². The van der Waals surface area contributed by atoms with Crippen LogP contribution in [0.3, 0.4) is 0 Å². The topological polar surface area (TPSA) is 82.2 Å². The molecule has 5 heteroatoms. The molecule has 0 aliphatic carbocycles. The number of likely N-dealkylation sites (tertiary alicyclic amines) is 1. The van der Waals surface area contributed by atoms with Crippen LogP contribution in [-0.2, 0) is 4.79 Å². The third kappa shape index (κ3) is 4.81. The van der Waals surface area contributed by atoms with Crippen LogP contribution in [0.15, 0.2) is 0 Å². The molecular formula is C14H26N4O. The summed E-state index contributed by atoms with van der Waals surface area (Å²) in [4.78, 5) is 14.0. The van der Waals surface area contributed by atoms with Gasteiger partial charge in [-0.3, -0.25) is 4.79 Å². The van der Waals surface area contributed by atoms with Gasteiger partial charge in [0, 0.05) is 13.6 Å². The molecule has 1 aliphatic heterocycles. The van der Waals surface area contributed by atoms with Crippen LogP contribution in [0.25, 0.3) is 0 Å². The minimum Gasteiger partial charge on any atom is -0.359 e. The average Bonchev–Trinajstić information content (AvgIpc) is 2.46. The van der Waals surface area contributed by atoms with Crippen molar-refractivity contribution >= 4 is 5.91 Å². The Morgan fingerprint density at radius 3 is 2.95 bits per heavy atom. The molecule has 0 saturated carbocycles. The van der Waals surface area contributed by atoms with Crippen molar-refractivity contribution in [2.24, 2.45) is 11.7 Å². The van der Waals surface area contributed by atoms with Gasteiger partial charge >= 0.3 is 0 Å². The third-order valence-electron chi connectivity index (χ3n) is 4.07. The molecule has 19 heavy (non-hydrogen) atoms. The first-order chi connectivity index (χ1) is 9.04. The number of hydrogen-bond donors (Lipinski definition) is 2. The molecule has 0 aromatic rings. The van der Waals surface area contributed by atoms with E-state index < -0.39 is 5.54 Å². The molecule has 0 aromatic heterocycles.